The molecule has 1 aliphatic heterocycles. The third-order valence-electron chi connectivity index (χ3n) is 6.69. The van der Waals surface area contributed by atoms with Gasteiger partial charge < -0.3 is 15.2 Å². The van der Waals surface area contributed by atoms with Crippen molar-refractivity contribution in [3.05, 3.63) is 58.1 Å². The van der Waals surface area contributed by atoms with E-state index in [1.54, 1.807) is 31.4 Å². The van der Waals surface area contributed by atoms with Crippen molar-refractivity contribution in [2.75, 3.05) is 26.7 Å². The molecule has 3 rings (SSSR count). The van der Waals surface area contributed by atoms with Crippen LogP contribution in [-0.2, 0) is 14.8 Å². The Morgan fingerprint density at radius 1 is 1.09 bits per heavy atom. The molecule has 0 radical (unpaired) electrons. The molecule has 0 aromatic heterocycles. The van der Waals surface area contributed by atoms with Crippen LogP contribution in [0.3, 0.4) is 0 Å². The van der Waals surface area contributed by atoms with Gasteiger partial charge in [-0.05, 0) is 80.5 Å². The van der Waals surface area contributed by atoms with Crippen molar-refractivity contribution >= 4 is 15.9 Å². The summed E-state index contributed by atoms with van der Waals surface area (Å²) in [5, 5.41) is 13.2. The molecule has 0 bridgehead atoms. The quantitative estimate of drug-likeness (QED) is 0.643. The smallest absolute Gasteiger partial charge is 0.243 e. The number of aliphatic hydroxyl groups excluding tert-OH is 1. The SMILES string of the molecule is COc1ccc(C(O)CNC(=O)C2CCN(S(=O)(=O)c3c(C)c(C)cc(C)c3C)CC2)cc1. The summed E-state index contributed by atoms with van der Waals surface area (Å²) in [4.78, 5) is 13.0. The highest BCUT2D eigenvalue weighted by atomic mass is 32.2. The Bertz CT molecular complexity index is 1080. The molecule has 2 aromatic rings. The molecule has 1 unspecified atom stereocenters. The molecule has 1 atom stereocenters. The molecule has 1 fully saturated rings. The monoisotopic (exact) mass is 474 g/mol. The van der Waals surface area contributed by atoms with E-state index in [-0.39, 0.29) is 18.4 Å². The van der Waals surface area contributed by atoms with Crippen LogP contribution in [0.15, 0.2) is 35.2 Å². The first-order valence-corrected chi connectivity index (χ1v) is 12.7. The van der Waals surface area contributed by atoms with E-state index in [1.807, 2.05) is 33.8 Å². The van der Waals surface area contributed by atoms with Gasteiger partial charge in [0, 0.05) is 25.6 Å². The van der Waals surface area contributed by atoms with Crippen LogP contribution in [-0.4, -0.2) is 50.5 Å². The fourth-order valence-electron chi connectivity index (χ4n) is 4.34. The molecule has 1 amide bonds. The largest absolute Gasteiger partial charge is 0.497 e. The summed E-state index contributed by atoms with van der Waals surface area (Å²) >= 11 is 0. The number of rotatable bonds is 7. The van der Waals surface area contributed by atoms with E-state index in [9.17, 15) is 18.3 Å². The number of hydrogen-bond acceptors (Lipinski definition) is 5. The van der Waals surface area contributed by atoms with Gasteiger partial charge in [-0.2, -0.15) is 4.31 Å². The van der Waals surface area contributed by atoms with Gasteiger partial charge in [-0.15, -0.1) is 0 Å². The predicted octanol–water partition coefficient (Wildman–Crippen LogP) is 3.18. The number of aliphatic hydroxyl groups is 1. The van der Waals surface area contributed by atoms with Gasteiger partial charge in [0.15, 0.2) is 0 Å². The highest BCUT2D eigenvalue weighted by Gasteiger charge is 2.34. The number of piperidine rings is 1. The highest BCUT2D eigenvalue weighted by Crippen LogP contribution is 2.31. The second-order valence-corrected chi connectivity index (χ2v) is 10.7. The van der Waals surface area contributed by atoms with Crippen LogP contribution < -0.4 is 10.1 Å². The summed E-state index contributed by atoms with van der Waals surface area (Å²) in [6, 6.07) is 9.05. The number of nitrogens with one attached hydrogen (secondary N) is 1. The molecule has 33 heavy (non-hydrogen) atoms. The topological polar surface area (TPSA) is 95.9 Å². The Balaban J connectivity index is 1.59. The van der Waals surface area contributed by atoms with Crippen molar-refractivity contribution in [1.82, 2.24) is 9.62 Å². The minimum atomic E-state index is -3.63. The van der Waals surface area contributed by atoms with E-state index in [0.29, 0.717) is 42.1 Å². The van der Waals surface area contributed by atoms with Gasteiger partial charge >= 0.3 is 0 Å². The number of hydrogen-bond donors (Lipinski definition) is 2. The predicted molar refractivity (Wildman–Crippen MR) is 128 cm³/mol. The van der Waals surface area contributed by atoms with E-state index in [4.69, 9.17) is 4.74 Å². The standard InChI is InChI=1S/C25H34N2O5S/c1-16-14-17(2)19(4)24(18(16)3)33(30,31)27-12-10-21(11-13-27)25(29)26-15-23(28)20-6-8-22(32-5)9-7-20/h6-9,14,21,23,28H,10-13,15H2,1-5H3,(H,26,29). The molecule has 8 heteroatoms. The summed E-state index contributed by atoms with van der Waals surface area (Å²) in [6.45, 7) is 8.26. The number of nitrogens with zero attached hydrogens (tertiary/aromatic N) is 1. The highest BCUT2D eigenvalue weighted by molar-refractivity contribution is 7.89. The molecule has 2 aromatic carbocycles. The Morgan fingerprint density at radius 2 is 1.64 bits per heavy atom. The van der Waals surface area contributed by atoms with Gasteiger partial charge in [0.25, 0.3) is 0 Å². The van der Waals surface area contributed by atoms with Crippen LogP contribution in [0.25, 0.3) is 0 Å². The van der Waals surface area contributed by atoms with Crippen LogP contribution in [0.5, 0.6) is 5.75 Å². The Morgan fingerprint density at radius 3 is 2.15 bits per heavy atom. The molecule has 1 aliphatic rings. The summed E-state index contributed by atoms with van der Waals surface area (Å²) < 4.78 is 33.4. The van der Waals surface area contributed by atoms with Crippen molar-refractivity contribution in [1.29, 1.82) is 0 Å². The van der Waals surface area contributed by atoms with Gasteiger partial charge in [0.1, 0.15) is 5.75 Å². The van der Waals surface area contributed by atoms with E-state index >= 15 is 0 Å². The van der Waals surface area contributed by atoms with Crippen molar-refractivity contribution < 1.29 is 23.1 Å². The first kappa shape index (κ1) is 25.2. The summed E-state index contributed by atoms with van der Waals surface area (Å²) in [5.74, 6) is 0.266. The van der Waals surface area contributed by atoms with E-state index < -0.39 is 16.1 Å². The average molecular weight is 475 g/mol. The molecule has 2 N–H and O–H groups in total. The molecule has 7 nitrogen and oxygen atoms in total. The zero-order valence-corrected chi connectivity index (χ0v) is 20.8. The summed E-state index contributed by atoms with van der Waals surface area (Å²) in [7, 11) is -2.06. The molecule has 0 aliphatic carbocycles. The third kappa shape index (κ3) is 5.39. The van der Waals surface area contributed by atoms with Crippen LogP contribution in [0.4, 0.5) is 0 Å². The van der Waals surface area contributed by atoms with E-state index in [1.165, 1.54) is 4.31 Å². The van der Waals surface area contributed by atoms with Gasteiger partial charge in [-0.3, -0.25) is 4.79 Å². The molecule has 1 heterocycles. The fraction of sp³-hybridized carbons (Fsp3) is 0.480. The maximum atomic E-state index is 13.4. The number of amides is 1. The number of sulfonamides is 1. The molecule has 180 valence electrons. The Kier molecular flexibility index (Phi) is 7.82. The lowest BCUT2D eigenvalue weighted by atomic mass is 9.97. The fourth-order valence-corrected chi connectivity index (χ4v) is 6.39. The molecular weight excluding hydrogens is 440 g/mol. The maximum absolute atomic E-state index is 13.4. The minimum absolute atomic E-state index is 0.102. The first-order valence-electron chi connectivity index (χ1n) is 11.2. The van der Waals surface area contributed by atoms with Crippen molar-refractivity contribution in [3.8, 4) is 5.75 Å². The number of carbonyl (C=O) groups excluding carboxylic acids is 1. The second-order valence-electron chi connectivity index (χ2n) is 8.80. The normalized spacial score (nSPS) is 16.4. The number of methoxy groups -OCH3 is 1. The van der Waals surface area contributed by atoms with Crippen LogP contribution in [0.2, 0.25) is 0 Å². The van der Waals surface area contributed by atoms with Crippen molar-refractivity contribution in [2.24, 2.45) is 5.92 Å². The molecular formula is C25H34N2O5S. The van der Waals surface area contributed by atoms with Gasteiger partial charge in [-0.1, -0.05) is 18.2 Å². The molecule has 1 saturated heterocycles. The van der Waals surface area contributed by atoms with E-state index in [0.717, 1.165) is 22.3 Å². The van der Waals surface area contributed by atoms with Crippen LogP contribution in [0, 0.1) is 33.6 Å². The number of ether oxygens (including phenoxy) is 1. The second kappa shape index (κ2) is 10.2. The van der Waals surface area contributed by atoms with Crippen molar-refractivity contribution in [2.45, 2.75) is 51.5 Å². The van der Waals surface area contributed by atoms with Crippen LogP contribution in [0.1, 0.15) is 46.8 Å². The summed E-state index contributed by atoms with van der Waals surface area (Å²) in [6.07, 6.45) is 0.0787. The lowest BCUT2D eigenvalue weighted by molar-refractivity contribution is -0.126. The first-order chi connectivity index (χ1) is 15.6. The minimum Gasteiger partial charge on any atom is -0.497 e. The van der Waals surface area contributed by atoms with Crippen molar-refractivity contribution in [3.63, 3.8) is 0 Å². The number of carbonyl (C=O) groups is 1. The lowest BCUT2D eigenvalue weighted by Gasteiger charge is -2.32. The van der Waals surface area contributed by atoms with Gasteiger partial charge in [0.2, 0.25) is 15.9 Å². The Labute approximate surface area is 196 Å². The Hall–Kier alpha value is -2.42. The zero-order chi connectivity index (χ0) is 24.3. The lowest BCUT2D eigenvalue weighted by Crippen LogP contribution is -2.44. The maximum Gasteiger partial charge on any atom is 0.243 e. The zero-order valence-electron chi connectivity index (χ0n) is 20.0. The average Bonchev–Trinajstić information content (AvgIpc) is 2.81. The summed E-state index contributed by atoms with van der Waals surface area (Å²) in [5.41, 5.74) is 4.18. The molecule has 0 spiro atoms. The molecule has 0 saturated carbocycles. The third-order valence-corrected chi connectivity index (χ3v) is 8.86. The number of aryl methyl sites for hydroxylation is 2. The van der Waals surface area contributed by atoms with Gasteiger partial charge in [0.05, 0.1) is 18.1 Å². The van der Waals surface area contributed by atoms with Crippen LogP contribution >= 0.6 is 0 Å². The van der Waals surface area contributed by atoms with Gasteiger partial charge in [-0.25, -0.2) is 8.42 Å². The van der Waals surface area contributed by atoms with E-state index in [2.05, 4.69) is 5.32 Å². The number of benzene rings is 2.